The topological polar surface area (TPSA) is 121 Å². The van der Waals surface area contributed by atoms with Crippen LogP contribution in [-0.2, 0) is 29.3 Å². The highest BCUT2D eigenvalue weighted by molar-refractivity contribution is 6.37. The Hall–Kier alpha value is -3.80. The lowest BCUT2D eigenvalue weighted by Crippen LogP contribution is -2.76. The van der Waals surface area contributed by atoms with Gasteiger partial charge in [-0.1, -0.05) is 11.6 Å². The van der Waals surface area contributed by atoms with Gasteiger partial charge in [-0.3, -0.25) is 29.2 Å². The molecule has 1 aromatic carbocycles. The molecular weight excluding hydrogens is 660 g/mol. The first kappa shape index (κ1) is 31.7. The van der Waals surface area contributed by atoms with Crippen LogP contribution in [0.2, 0.25) is 0 Å². The van der Waals surface area contributed by atoms with Crippen LogP contribution in [0.15, 0.2) is 46.5 Å². The second kappa shape index (κ2) is 9.84. The largest absolute Gasteiger partial charge is 0.496 e. The van der Waals surface area contributed by atoms with Gasteiger partial charge in [0.15, 0.2) is 11.4 Å². The standard InChI is InChI=1S/C41H46N4O7/c1-6-21-18-45-12-10-39-25-16-31(47)23(14-28(25)42-41(39,45)8-7-22(21)33(39)36(48)51-5)24-13-26-29(17-32(24)50-4)43(3)35-30-15-27-34-37(49)52-40(27,20(2)46)19-44(30)11-9-38(26,34)35/h6,13-14,16-17,20,22,27,30,33-35,46H,7-12,15,18-19H2,1-5H3/b21-6-/t20-,22+,27-,30+,33+,34+,35+,38+,39+,40?,41?/m1/s1. The fourth-order valence-corrected chi connectivity index (χ4v) is 14.3. The molecule has 52 heavy (non-hydrogen) atoms. The molecule has 3 unspecified atom stereocenters. The van der Waals surface area contributed by atoms with Gasteiger partial charge in [-0.25, -0.2) is 0 Å². The van der Waals surface area contributed by atoms with E-state index in [1.165, 1.54) is 12.7 Å². The van der Waals surface area contributed by atoms with Crippen molar-refractivity contribution in [1.82, 2.24) is 9.80 Å². The monoisotopic (exact) mass is 706 g/mol. The zero-order valence-electron chi connectivity index (χ0n) is 30.5. The number of methoxy groups -OCH3 is 2. The Morgan fingerprint density at radius 1 is 1.15 bits per heavy atom. The van der Waals surface area contributed by atoms with Gasteiger partial charge in [0.2, 0.25) is 0 Å². The smallest absolute Gasteiger partial charge is 0.311 e. The minimum absolute atomic E-state index is 0.0454. The highest BCUT2D eigenvalue weighted by Crippen LogP contribution is 2.71. The third-order valence-electron chi connectivity index (χ3n) is 16.2. The maximum Gasteiger partial charge on any atom is 0.311 e. The third kappa shape index (κ3) is 3.18. The van der Waals surface area contributed by atoms with Crippen molar-refractivity contribution in [2.45, 2.75) is 80.8 Å². The Bertz CT molecular complexity index is 2050. The molecular formula is C41H46N4O7. The molecule has 3 aliphatic carbocycles. The van der Waals surface area contributed by atoms with Crippen LogP contribution >= 0.6 is 0 Å². The minimum atomic E-state index is -0.907. The van der Waals surface area contributed by atoms with Crippen molar-refractivity contribution in [2.75, 3.05) is 52.3 Å². The third-order valence-corrected chi connectivity index (χ3v) is 16.2. The van der Waals surface area contributed by atoms with Gasteiger partial charge >= 0.3 is 11.9 Å². The first-order chi connectivity index (χ1) is 25.0. The van der Waals surface area contributed by atoms with Crippen LogP contribution in [0.5, 0.6) is 5.75 Å². The van der Waals surface area contributed by atoms with Gasteiger partial charge in [-0.2, -0.15) is 0 Å². The van der Waals surface area contributed by atoms with Crippen molar-refractivity contribution in [2.24, 2.45) is 34.1 Å². The summed E-state index contributed by atoms with van der Waals surface area (Å²) < 4.78 is 17.9. The molecule has 0 radical (unpaired) electrons. The fourth-order valence-electron chi connectivity index (χ4n) is 14.3. The van der Waals surface area contributed by atoms with E-state index in [1.807, 2.05) is 6.08 Å². The second-order valence-corrected chi connectivity index (χ2v) is 17.3. The summed E-state index contributed by atoms with van der Waals surface area (Å²) in [6.07, 6.45) is 9.12. The number of carbonyl (C=O) groups is 3. The fraction of sp³-hybridized carbons (Fsp3) is 0.610. The Morgan fingerprint density at radius 3 is 2.73 bits per heavy atom. The van der Waals surface area contributed by atoms with Crippen LogP contribution in [0.25, 0.3) is 5.57 Å². The number of fused-ring (bicyclic) bond motifs is 4. The SMILES string of the molecule is C/C=C1/CN2CC[C@@]34C5=CC(=O)C(c6cc7c(cc6OC)N(C)[C@H]6[C@@H]8C[C@@H]9[C@H]%10C(=O)OC9([C@@H](C)O)CN8CC[C@]7%106)=CC5=NC23CC[C@@H]1[C@H]4C(=O)OC. The number of aliphatic hydroxyl groups excluding tert-OH is 1. The first-order valence-electron chi connectivity index (χ1n) is 19.2. The van der Waals surface area contributed by atoms with Crippen LogP contribution in [0.3, 0.4) is 0 Å². The van der Waals surface area contributed by atoms with Crippen LogP contribution < -0.4 is 9.64 Å². The number of nitrogens with zero attached hydrogens (tertiary/aromatic N) is 4. The second-order valence-electron chi connectivity index (χ2n) is 17.3. The lowest BCUT2D eigenvalue weighted by atomic mass is 9.49. The lowest BCUT2D eigenvalue weighted by molar-refractivity contribution is -0.179. The molecule has 12 atom stereocenters. The first-order valence-corrected chi connectivity index (χ1v) is 19.2. The number of anilines is 1. The molecule has 8 heterocycles. The van der Waals surface area contributed by atoms with Crippen molar-refractivity contribution < 1.29 is 33.7 Å². The van der Waals surface area contributed by atoms with Gasteiger partial charge in [0, 0.05) is 66.9 Å². The number of hydrogen-bond donors (Lipinski definition) is 1. The van der Waals surface area contributed by atoms with Gasteiger partial charge in [0.1, 0.15) is 11.4 Å². The van der Waals surface area contributed by atoms with E-state index in [9.17, 15) is 19.5 Å². The van der Waals surface area contributed by atoms with E-state index in [0.717, 1.165) is 74.3 Å². The number of aliphatic imine (C=N–C) groups is 1. The number of allylic oxidation sites excluding steroid dienone is 4. The van der Waals surface area contributed by atoms with E-state index in [-0.39, 0.29) is 47.6 Å². The van der Waals surface area contributed by atoms with E-state index in [0.29, 0.717) is 23.4 Å². The van der Waals surface area contributed by atoms with Crippen LogP contribution in [0.4, 0.5) is 5.69 Å². The van der Waals surface area contributed by atoms with Gasteiger partial charge in [-0.15, -0.1) is 0 Å². The summed E-state index contributed by atoms with van der Waals surface area (Å²) in [5.74, 6) is -0.811. The summed E-state index contributed by atoms with van der Waals surface area (Å²) in [7, 11) is 5.24. The summed E-state index contributed by atoms with van der Waals surface area (Å²) in [5.41, 5.74) is 3.51. The van der Waals surface area contributed by atoms with E-state index in [2.05, 4.69) is 46.9 Å². The van der Waals surface area contributed by atoms with Crippen molar-refractivity contribution in [3.05, 3.63) is 52.6 Å². The van der Waals surface area contributed by atoms with Crippen molar-refractivity contribution >= 4 is 34.7 Å². The molecule has 1 N–H and O–H groups in total. The number of rotatable bonds is 4. The van der Waals surface area contributed by atoms with Crippen LogP contribution in [0.1, 0.15) is 57.1 Å². The van der Waals surface area contributed by atoms with Gasteiger partial charge in [0.25, 0.3) is 0 Å². The van der Waals surface area contributed by atoms with Gasteiger partial charge in [-0.05, 0) is 87.8 Å². The van der Waals surface area contributed by atoms with Crippen molar-refractivity contribution in [3.63, 3.8) is 0 Å². The molecule has 11 nitrogen and oxygen atoms in total. The number of benzene rings is 1. The molecule has 8 fully saturated rings. The lowest BCUT2D eigenvalue weighted by Gasteiger charge is -2.63. The maximum atomic E-state index is 14.7. The average Bonchev–Trinajstić information content (AvgIpc) is 3.76. The number of piperidine rings is 2. The predicted molar refractivity (Wildman–Crippen MR) is 191 cm³/mol. The van der Waals surface area contributed by atoms with Gasteiger partial charge < -0.3 is 24.2 Å². The Labute approximate surface area is 303 Å². The molecule has 272 valence electrons. The molecule has 7 bridgehead atoms. The van der Waals surface area contributed by atoms with E-state index < -0.39 is 34.1 Å². The highest BCUT2D eigenvalue weighted by Gasteiger charge is 2.78. The number of aliphatic hydroxyl groups is 1. The maximum absolute atomic E-state index is 14.7. The Kier molecular flexibility index (Phi) is 6.00. The molecule has 0 amide bonds. The van der Waals surface area contributed by atoms with Gasteiger partial charge in [0.05, 0.1) is 49.3 Å². The molecule has 12 rings (SSSR count). The molecule has 1 spiro atoms. The number of carbonyl (C=O) groups excluding carboxylic acids is 3. The predicted octanol–water partition coefficient (Wildman–Crippen LogP) is 3.05. The van der Waals surface area contributed by atoms with E-state index in [4.69, 9.17) is 19.2 Å². The minimum Gasteiger partial charge on any atom is -0.496 e. The molecule has 0 aromatic heterocycles. The number of esters is 2. The molecule has 6 saturated heterocycles. The Balaban J connectivity index is 1.07. The summed E-state index contributed by atoms with van der Waals surface area (Å²) in [5, 5.41) is 11.1. The summed E-state index contributed by atoms with van der Waals surface area (Å²) >= 11 is 0. The van der Waals surface area contributed by atoms with E-state index >= 15 is 0 Å². The molecule has 2 saturated carbocycles. The quantitative estimate of drug-likeness (QED) is 0.284. The summed E-state index contributed by atoms with van der Waals surface area (Å²) in [4.78, 5) is 55.4. The summed E-state index contributed by atoms with van der Waals surface area (Å²) in [6, 6.07) is 4.45. The summed E-state index contributed by atoms with van der Waals surface area (Å²) in [6.45, 7) is 6.76. The highest BCUT2D eigenvalue weighted by atomic mass is 16.6. The van der Waals surface area contributed by atoms with Crippen LogP contribution in [-0.4, -0.2) is 115 Å². The Morgan fingerprint density at radius 2 is 1.98 bits per heavy atom. The molecule has 1 aromatic rings. The number of likely N-dealkylation sites (N-methyl/N-ethyl adjacent to an activating group) is 1. The number of ketones is 1. The molecule has 8 aliphatic heterocycles. The zero-order valence-corrected chi connectivity index (χ0v) is 30.5. The van der Waals surface area contributed by atoms with E-state index in [1.54, 1.807) is 20.1 Å². The zero-order chi connectivity index (χ0) is 35.9. The number of ether oxygens (including phenoxy) is 3. The molecule has 11 aliphatic rings. The van der Waals surface area contributed by atoms with Crippen molar-refractivity contribution in [3.8, 4) is 5.75 Å². The molecule has 11 heteroatoms. The average molecular weight is 707 g/mol. The normalized spacial score (nSPS) is 45.4. The van der Waals surface area contributed by atoms with Crippen molar-refractivity contribution in [1.29, 1.82) is 0 Å². The number of hydrogen-bond acceptors (Lipinski definition) is 11. The van der Waals surface area contributed by atoms with Crippen LogP contribution in [0, 0.1) is 29.1 Å².